The van der Waals surface area contributed by atoms with E-state index < -0.39 is 6.43 Å². The van der Waals surface area contributed by atoms with Crippen LogP contribution >= 0.6 is 0 Å². The van der Waals surface area contributed by atoms with Gasteiger partial charge in [-0.1, -0.05) is 6.92 Å². The molecule has 0 saturated carbocycles. The molecule has 1 fully saturated rings. The number of hydrogen-bond donors (Lipinski definition) is 0. The average molecular weight is 384 g/mol. The number of alkyl halides is 2. The van der Waals surface area contributed by atoms with Crippen LogP contribution < -0.4 is 4.90 Å². The van der Waals surface area contributed by atoms with Crippen LogP contribution in [0.2, 0.25) is 0 Å². The van der Waals surface area contributed by atoms with Crippen LogP contribution in [0.15, 0.2) is 41.4 Å². The van der Waals surface area contributed by atoms with E-state index in [1.807, 2.05) is 12.1 Å². The van der Waals surface area contributed by atoms with Crippen LogP contribution in [0.5, 0.6) is 0 Å². The molecule has 0 bridgehead atoms. The van der Waals surface area contributed by atoms with E-state index in [4.69, 9.17) is 4.42 Å². The number of hydrogen-bond acceptors (Lipinski definition) is 6. The molecule has 0 aromatic carbocycles. The summed E-state index contributed by atoms with van der Waals surface area (Å²) in [6, 6.07) is 5.20. The minimum Gasteiger partial charge on any atom is -0.464 e. The number of anilines is 1. The lowest BCUT2D eigenvalue weighted by Crippen LogP contribution is -2.39. The van der Waals surface area contributed by atoms with Gasteiger partial charge in [0.05, 0.1) is 17.3 Å². The van der Waals surface area contributed by atoms with Crippen LogP contribution in [0, 0.1) is 5.92 Å². The Kier molecular flexibility index (Phi) is 3.96. The van der Waals surface area contributed by atoms with E-state index in [-0.39, 0.29) is 17.4 Å². The first kappa shape index (κ1) is 17.0. The highest BCUT2D eigenvalue weighted by Gasteiger charge is 2.32. The van der Waals surface area contributed by atoms with Crippen molar-refractivity contribution in [1.29, 1.82) is 0 Å². The van der Waals surface area contributed by atoms with Crippen LogP contribution in [0.1, 0.15) is 37.1 Å². The van der Waals surface area contributed by atoms with Crippen molar-refractivity contribution in [2.75, 3.05) is 18.0 Å². The smallest absolute Gasteiger partial charge is 0.280 e. The molecular formula is C19H18F2N6O. The van der Waals surface area contributed by atoms with Gasteiger partial charge in [0, 0.05) is 25.2 Å². The van der Waals surface area contributed by atoms with Crippen molar-refractivity contribution in [3.05, 3.63) is 48.4 Å². The van der Waals surface area contributed by atoms with Gasteiger partial charge in [-0.05, 0) is 30.5 Å². The van der Waals surface area contributed by atoms with Gasteiger partial charge in [0.2, 0.25) is 0 Å². The van der Waals surface area contributed by atoms with E-state index in [9.17, 15) is 8.78 Å². The van der Waals surface area contributed by atoms with E-state index in [1.54, 1.807) is 17.0 Å². The van der Waals surface area contributed by atoms with Gasteiger partial charge < -0.3 is 9.32 Å². The molecule has 1 aliphatic heterocycles. The summed E-state index contributed by atoms with van der Waals surface area (Å²) >= 11 is 0. The molecule has 1 saturated heterocycles. The molecular weight excluding hydrogens is 366 g/mol. The van der Waals surface area contributed by atoms with E-state index in [1.165, 1.54) is 12.4 Å². The molecule has 1 aliphatic rings. The fraction of sp³-hybridized carbons (Fsp3) is 0.368. The second kappa shape index (κ2) is 6.50. The van der Waals surface area contributed by atoms with E-state index in [0.29, 0.717) is 18.2 Å². The molecule has 4 aromatic heterocycles. The summed E-state index contributed by atoms with van der Waals surface area (Å²) in [5, 5.41) is 5.17. The number of nitrogens with zero attached hydrogens (tertiary/aromatic N) is 6. The van der Waals surface area contributed by atoms with Crippen LogP contribution in [0.3, 0.4) is 0 Å². The van der Waals surface area contributed by atoms with Crippen molar-refractivity contribution in [3.63, 3.8) is 0 Å². The fourth-order valence-corrected chi connectivity index (χ4v) is 4.01. The molecule has 2 atom stereocenters. The highest BCUT2D eigenvalue weighted by molar-refractivity contribution is 5.88. The summed E-state index contributed by atoms with van der Waals surface area (Å²) in [4.78, 5) is 14.7. The first-order valence-electron chi connectivity index (χ1n) is 9.17. The van der Waals surface area contributed by atoms with Gasteiger partial charge in [0.1, 0.15) is 23.4 Å². The number of aromatic nitrogens is 5. The van der Waals surface area contributed by atoms with E-state index in [0.717, 1.165) is 29.8 Å². The van der Waals surface area contributed by atoms with Gasteiger partial charge >= 0.3 is 0 Å². The monoisotopic (exact) mass is 384 g/mol. The third kappa shape index (κ3) is 2.69. The molecule has 0 aliphatic carbocycles. The van der Waals surface area contributed by atoms with Gasteiger partial charge in [0.15, 0.2) is 0 Å². The van der Waals surface area contributed by atoms with Crippen molar-refractivity contribution in [2.24, 2.45) is 5.92 Å². The summed E-state index contributed by atoms with van der Waals surface area (Å²) in [5.41, 5.74) is 1.21. The molecule has 144 valence electrons. The number of piperidine rings is 1. The molecule has 0 spiro atoms. The summed E-state index contributed by atoms with van der Waals surface area (Å²) < 4.78 is 33.8. The lowest BCUT2D eigenvalue weighted by atomic mass is 9.84. The number of pyridine rings is 1. The molecule has 5 rings (SSSR count). The van der Waals surface area contributed by atoms with Crippen molar-refractivity contribution >= 4 is 22.6 Å². The van der Waals surface area contributed by atoms with Gasteiger partial charge in [-0.2, -0.15) is 10.1 Å². The Morgan fingerprint density at radius 3 is 3.00 bits per heavy atom. The Labute approximate surface area is 159 Å². The lowest BCUT2D eigenvalue weighted by molar-refractivity contribution is 0.146. The van der Waals surface area contributed by atoms with Crippen LogP contribution in [0.25, 0.3) is 16.7 Å². The molecule has 4 aromatic rings. The van der Waals surface area contributed by atoms with Gasteiger partial charge in [-0.3, -0.25) is 0 Å². The summed E-state index contributed by atoms with van der Waals surface area (Å²) in [7, 11) is 0. The molecule has 28 heavy (non-hydrogen) atoms. The van der Waals surface area contributed by atoms with Crippen molar-refractivity contribution < 1.29 is 13.2 Å². The first-order chi connectivity index (χ1) is 13.6. The van der Waals surface area contributed by atoms with Crippen molar-refractivity contribution in [2.45, 2.75) is 25.7 Å². The molecule has 0 amide bonds. The molecule has 0 radical (unpaired) electrons. The Hall–Kier alpha value is -3.10. The van der Waals surface area contributed by atoms with E-state index >= 15 is 0 Å². The Balaban J connectivity index is 1.57. The topological polar surface area (TPSA) is 72.3 Å². The normalized spacial score (nSPS) is 20.5. The lowest BCUT2D eigenvalue weighted by Gasteiger charge is -2.38. The van der Waals surface area contributed by atoms with Gasteiger partial charge in [0.25, 0.3) is 12.2 Å². The fourth-order valence-electron chi connectivity index (χ4n) is 4.01. The number of rotatable bonds is 3. The maximum Gasteiger partial charge on any atom is 0.280 e. The average Bonchev–Trinajstić information content (AvgIpc) is 3.36. The third-order valence-corrected chi connectivity index (χ3v) is 5.52. The Morgan fingerprint density at radius 1 is 1.25 bits per heavy atom. The minimum absolute atomic E-state index is 0.0117. The first-order valence-corrected chi connectivity index (χ1v) is 9.17. The molecule has 1 unspecified atom stereocenters. The zero-order valence-corrected chi connectivity index (χ0v) is 15.2. The third-order valence-electron chi connectivity index (χ3n) is 5.52. The van der Waals surface area contributed by atoms with Crippen LogP contribution in [0.4, 0.5) is 14.6 Å². The maximum absolute atomic E-state index is 13.4. The highest BCUT2D eigenvalue weighted by atomic mass is 19.3. The van der Waals surface area contributed by atoms with Crippen molar-refractivity contribution in [1.82, 2.24) is 24.6 Å². The Morgan fingerprint density at radius 2 is 2.14 bits per heavy atom. The Bertz CT molecular complexity index is 1140. The standard InChI is InChI=1S/C19H18F2N6O/c1-11-3-6-26(18-12-4-7-28-16(12)2-5-22-18)9-13(11)15-8-14(17(20)21)25-19-23-10-24-27(15)19/h2,4-5,7-8,10-11,13,17H,3,6,9H2,1H3/t11-,13?/m0/s1. The van der Waals surface area contributed by atoms with Gasteiger partial charge in [-0.15, -0.1) is 0 Å². The minimum atomic E-state index is -2.66. The maximum atomic E-state index is 13.4. The second-order valence-corrected chi connectivity index (χ2v) is 7.16. The predicted octanol–water partition coefficient (Wildman–Crippen LogP) is 3.83. The second-order valence-electron chi connectivity index (χ2n) is 7.16. The zero-order chi connectivity index (χ0) is 19.3. The molecule has 5 heterocycles. The predicted molar refractivity (Wildman–Crippen MR) is 98.5 cm³/mol. The molecule has 0 N–H and O–H groups in total. The summed E-state index contributed by atoms with van der Waals surface area (Å²) in [5.74, 6) is 1.33. The van der Waals surface area contributed by atoms with Crippen LogP contribution in [-0.4, -0.2) is 37.7 Å². The summed E-state index contributed by atoms with van der Waals surface area (Å²) in [6.45, 7) is 3.61. The largest absolute Gasteiger partial charge is 0.464 e. The quantitative estimate of drug-likeness (QED) is 0.535. The van der Waals surface area contributed by atoms with Crippen molar-refractivity contribution in [3.8, 4) is 0 Å². The molecule has 9 heteroatoms. The molecule has 7 nitrogen and oxygen atoms in total. The van der Waals surface area contributed by atoms with Gasteiger partial charge in [-0.25, -0.2) is 23.3 Å². The number of fused-ring (bicyclic) bond motifs is 2. The summed E-state index contributed by atoms with van der Waals surface area (Å²) in [6.07, 6.45) is 2.97. The zero-order valence-electron chi connectivity index (χ0n) is 15.2. The highest BCUT2D eigenvalue weighted by Crippen LogP contribution is 2.36. The SMILES string of the molecule is C[C@H]1CCN(c2nccc3occc23)CC1c1cc(C(F)F)nc2ncnn12. The van der Waals surface area contributed by atoms with E-state index in [2.05, 4.69) is 31.9 Å². The number of halogens is 2. The van der Waals surface area contributed by atoms with Crippen LogP contribution in [-0.2, 0) is 0 Å². The number of furan rings is 1.